The third-order valence-corrected chi connectivity index (χ3v) is 3.03. The second-order valence-corrected chi connectivity index (χ2v) is 6.17. The van der Waals surface area contributed by atoms with Crippen LogP contribution in [0.4, 0.5) is 0 Å². The zero-order valence-corrected chi connectivity index (χ0v) is 11.7. The Morgan fingerprint density at radius 3 is 1.87 bits per heavy atom. The van der Waals surface area contributed by atoms with E-state index in [1.807, 2.05) is 0 Å². The van der Waals surface area contributed by atoms with Gasteiger partial charge < -0.3 is 5.73 Å². The van der Waals surface area contributed by atoms with Gasteiger partial charge in [0.15, 0.2) is 0 Å². The van der Waals surface area contributed by atoms with Gasteiger partial charge >= 0.3 is 0 Å². The Labute approximate surface area is 101 Å². The van der Waals surface area contributed by atoms with Crippen molar-refractivity contribution < 1.29 is 0 Å². The minimum Gasteiger partial charge on any atom is -0.324 e. The predicted octanol–water partition coefficient (Wildman–Crippen LogP) is 3.80. The van der Waals surface area contributed by atoms with E-state index in [0.29, 0.717) is 11.8 Å². The van der Waals surface area contributed by atoms with Gasteiger partial charge in [-0.15, -0.1) is 0 Å². The van der Waals surface area contributed by atoms with Crippen molar-refractivity contribution in [1.29, 1.82) is 0 Å². The number of hydrogen-bond acceptors (Lipinski definition) is 2. The fourth-order valence-electron chi connectivity index (χ4n) is 2.02. The monoisotopic (exact) mass is 229 g/mol. The van der Waals surface area contributed by atoms with Crippen LogP contribution in [0.25, 0.3) is 0 Å². The molecule has 0 aliphatic rings. The molecule has 0 aromatic rings. The molecular formula is C13H27NS. The van der Waals surface area contributed by atoms with Crippen LogP contribution in [0.5, 0.6) is 0 Å². The zero-order valence-electron chi connectivity index (χ0n) is 10.9. The third-order valence-electron chi connectivity index (χ3n) is 2.56. The molecule has 2 N–H and O–H groups in total. The topological polar surface area (TPSA) is 26.0 Å². The highest BCUT2D eigenvalue weighted by Gasteiger charge is 2.14. The molecule has 0 aliphatic heterocycles. The summed E-state index contributed by atoms with van der Waals surface area (Å²) < 4.78 is 0. The molecule has 0 heterocycles. The van der Waals surface area contributed by atoms with Gasteiger partial charge in [0.25, 0.3) is 0 Å². The van der Waals surface area contributed by atoms with Gasteiger partial charge in [0.05, 0.1) is 0 Å². The molecule has 2 heteroatoms. The highest BCUT2D eigenvalue weighted by atomic mass is 32.1. The molecule has 0 unspecified atom stereocenters. The lowest BCUT2D eigenvalue weighted by Gasteiger charge is -2.19. The minimum absolute atomic E-state index is 0.120. The van der Waals surface area contributed by atoms with Crippen molar-refractivity contribution in [3.05, 3.63) is 0 Å². The van der Waals surface area contributed by atoms with E-state index in [4.69, 9.17) is 18.0 Å². The van der Waals surface area contributed by atoms with E-state index in [0.717, 1.165) is 23.6 Å². The minimum atomic E-state index is 0.120. The summed E-state index contributed by atoms with van der Waals surface area (Å²) in [5.74, 6) is 2.07. The molecule has 0 saturated heterocycles. The van der Waals surface area contributed by atoms with Crippen molar-refractivity contribution >= 4 is 17.1 Å². The molecule has 2 atom stereocenters. The molecule has 0 aliphatic carbocycles. The Hall–Kier alpha value is 0.0500. The van der Waals surface area contributed by atoms with Crippen molar-refractivity contribution in [2.75, 3.05) is 0 Å². The van der Waals surface area contributed by atoms with Gasteiger partial charge in [-0.25, -0.2) is 0 Å². The van der Waals surface area contributed by atoms with Crippen molar-refractivity contribution in [2.24, 2.45) is 23.5 Å². The van der Waals surface area contributed by atoms with Crippen LogP contribution in [-0.2, 0) is 0 Å². The molecular weight excluding hydrogens is 202 g/mol. The SMILES string of the molecule is CC(C)C[C@@H](C)CC(=S)[C@@H](N)CC(C)C. The van der Waals surface area contributed by atoms with E-state index in [1.165, 1.54) is 6.42 Å². The van der Waals surface area contributed by atoms with Gasteiger partial charge in [-0.2, -0.15) is 0 Å². The lowest BCUT2D eigenvalue weighted by atomic mass is 9.91. The number of thiocarbonyl (C=S) groups is 1. The summed E-state index contributed by atoms with van der Waals surface area (Å²) in [6, 6.07) is 0.120. The maximum absolute atomic E-state index is 6.06. The van der Waals surface area contributed by atoms with Crippen LogP contribution >= 0.6 is 12.2 Å². The maximum Gasteiger partial charge on any atom is 0.0361 e. The normalized spacial score (nSPS) is 15.7. The number of nitrogens with two attached hydrogens (primary N) is 1. The highest BCUT2D eigenvalue weighted by Crippen LogP contribution is 2.17. The Morgan fingerprint density at radius 2 is 1.47 bits per heavy atom. The smallest absolute Gasteiger partial charge is 0.0361 e. The standard InChI is InChI=1S/C13H27NS/c1-9(2)6-11(5)8-13(15)12(14)7-10(3)4/h9-12H,6-8,14H2,1-5H3/t11-,12+/m1/s1. The second-order valence-electron chi connectivity index (χ2n) is 5.64. The van der Waals surface area contributed by atoms with Gasteiger partial charge in [0, 0.05) is 10.9 Å². The maximum atomic E-state index is 6.06. The molecule has 0 aromatic heterocycles. The van der Waals surface area contributed by atoms with Crippen molar-refractivity contribution in [3.63, 3.8) is 0 Å². The largest absolute Gasteiger partial charge is 0.324 e. The fourth-order valence-corrected chi connectivity index (χ4v) is 2.40. The molecule has 0 saturated carbocycles. The molecule has 1 nitrogen and oxygen atoms in total. The van der Waals surface area contributed by atoms with Crippen LogP contribution < -0.4 is 5.73 Å². The summed E-state index contributed by atoms with van der Waals surface area (Å²) in [4.78, 5) is 1.07. The van der Waals surface area contributed by atoms with E-state index < -0.39 is 0 Å². The van der Waals surface area contributed by atoms with E-state index >= 15 is 0 Å². The quantitative estimate of drug-likeness (QED) is 0.672. The molecule has 90 valence electrons. The fraction of sp³-hybridized carbons (Fsp3) is 0.923. The summed E-state index contributed by atoms with van der Waals surface area (Å²) in [6.07, 6.45) is 3.28. The average Bonchev–Trinajstić information content (AvgIpc) is 2.00. The van der Waals surface area contributed by atoms with Crippen LogP contribution in [0.3, 0.4) is 0 Å². The Balaban J connectivity index is 3.90. The summed E-state index contributed by atoms with van der Waals surface area (Å²) in [7, 11) is 0. The van der Waals surface area contributed by atoms with Gasteiger partial charge in [-0.1, -0.05) is 46.8 Å². The molecule has 0 aromatic carbocycles. The highest BCUT2D eigenvalue weighted by molar-refractivity contribution is 7.80. The molecule has 0 radical (unpaired) electrons. The van der Waals surface area contributed by atoms with Crippen LogP contribution in [0.2, 0.25) is 0 Å². The Bertz CT molecular complexity index is 187. The van der Waals surface area contributed by atoms with Crippen LogP contribution in [0.15, 0.2) is 0 Å². The van der Waals surface area contributed by atoms with Gasteiger partial charge in [0.2, 0.25) is 0 Å². The average molecular weight is 229 g/mol. The lowest BCUT2D eigenvalue weighted by Crippen LogP contribution is -2.31. The summed E-state index contributed by atoms with van der Waals surface area (Å²) in [5.41, 5.74) is 6.06. The number of hydrogen-bond donors (Lipinski definition) is 1. The first-order valence-electron chi connectivity index (χ1n) is 6.11. The van der Waals surface area contributed by atoms with Crippen molar-refractivity contribution in [1.82, 2.24) is 0 Å². The first-order valence-corrected chi connectivity index (χ1v) is 6.52. The van der Waals surface area contributed by atoms with Crippen molar-refractivity contribution in [3.8, 4) is 0 Å². The summed E-state index contributed by atoms with van der Waals surface area (Å²) in [6.45, 7) is 11.2. The predicted molar refractivity (Wildman–Crippen MR) is 73.3 cm³/mol. The molecule has 0 rings (SSSR count). The zero-order chi connectivity index (χ0) is 12.0. The summed E-state index contributed by atoms with van der Waals surface area (Å²) in [5, 5.41) is 0. The van der Waals surface area contributed by atoms with Crippen LogP contribution in [0.1, 0.15) is 53.9 Å². The molecule has 0 fully saturated rings. The van der Waals surface area contributed by atoms with Gasteiger partial charge in [0.1, 0.15) is 0 Å². The lowest BCUT2D eigenvalue weighted by molar-refractivity contribution is 0.446. The van der Waals surface area contributed by atoms with E-state index in [2.05, 4.69) is 34.6 Å². The Morgan fingerprint density at radius 1 is 1.00 bits per heavy atom. The molecule has 0 amide bonds. The summed E-state index contributed by atoms with van der Waals surface area (Å²) >= 11 is 5.40. The molecule has 0 spiro atoms. The van der Waals surface area contributed by atoms with Gasteiger partial charge in [-0.05, 0) is 37.0 Å². The van der Waals surface area contributed by atoms with E-state index in [1.54, 1.807) is 0 Å². The van der Waals surface area contributed by atoms with E-state index in [9.17, 15) is 0 Å². The third kappa shape index (κ3) is 7.92. The molecule has 15 heavy (non-hydrogen) atoms. The Kier molecular flexibility index (Phi) is 7.37. The first-order chi connectivity index (χ1) is 6.82. The van der Waals surface area contributed by atoms with E-state index in [-0.39, 0.29) is 6.04 Å². The van der Waals surface area contributed by atoms with Crippen molar-refractivity contribution in [2.45, 2.75) is 59.9 Å². The van der Waals surface area contributed by atoms with Crippen LogP contribution in [-0.4, -0.2) is 10.9 Å². The second kappa shape index (κ2) is 7.34. The van der Waals surface area contributed by atoms with Crippen LogP contribution in [0, 0.1) is 17.8 Å². The first kappa shape index (κ1) is 15.0. The molecule has 0 bridgehead atoms. The number of rotatable bonds is 7. The van der Waals surface area contributed by atoms with Gasteiger partial charge in [-0.3, -0.25) is 0 Å².